The lowest BCUT2D eigenvalue weighted by molar-refractivity contribution is -0.136. The molecule has 7 heteroatoms. The summed E-state index contributed by atoms with van der Waals surface area (Å²) in [5, 5.41) is 15.7. The van der Waals surface area contributed by atoms with Gasteiger partial charge in [-0.3, -0.25) is 4.79 Å². The van der Waals surface area contributed by atoms with Gasteiger partial charge < -0.3 is 9.84 Å². The third-order valence-electron chi connectivity index (χ3n) is 4.41. The number of benzene rings is 3. The van der Waals surface area contributed by atoms with Gasteiger partial charge in [0, 0.05) is 0 Å². The van der Waals surface area contributed by atoms with E-state index < -0.39 is 11.5 Å². The highest BCUT2D eigenvalue weighted by atomic mass is 79.9. The molecule has 1 amide bonds. The van der Waals surface area contributed by atoms with Crippen LogP contribution < -0.4 is 10.2 Å². The number of ether oxygens (including phenoxy) is 1. The molecule has 0 radical (unpaired) electrons. The van der Waals surface area contributed by atoms with E-state index >= 15 is 0 Å². The molecule has 0 unspecified atom stereocenters. The lowest BCUT2D eigenvalue weighted by Gasteiger charge is -2.27. The molecule has 0 aliphatic rings. The summed E-state index contributed by atoms with van der Waals surface area (Å²) in [5.74, 6) is 2.10. The summed E-state index contributed by atoms with van der Waals surface area (Å²) in [6, 6.07) is 20.7. The molecule has 0 atom stereocenters. The van der Waals surface area contributed by atoms with E-state index in [1.165, 1.54) is 6.21 Å². The molecule has 0 aliphatic heterocycles. The van der Waals surface area contributed by atoms with Gasteiger partial charge in [0.25, 0.3) is 5.91 Å². The van der Waals surface area contributed by atoms with E-state index in [-0.39, 0.29) is 6.61 Å². The quantitative estimate of drug-likeness (QED) is 0.287. The second kappa shape index (κ2) is 10.3. The van der Waals surface area contributed by atoms with Crippen molar-refractivity contribution in [3.05, 3.63) is 99.0 Å². The number of nitrogens with zero attached hydrogens (tertiary/aromatic N) is 1. The van der Waals surface area contributed by atoms with Crippen LogP contribution in [0, 0.1) is 12.3 Å². The number of carbonyl (C=O) groups excluding carboxylic acids is 1. The second-order valence-electron chi connectivity index (χ2n) is 6.45. The van der Waals surface area contributed by atoms with Gasteiger partial charge in [0.2, 0.25) is 0 Å². The van der Waals surface area contributed by atoms with Crippen LogP contribution in [0.25, 0.3) is 0 Å². The highest BCUT2D eigenvalue weighted by Gasteiger charge is 2.39. The molecule has 2 N–H and O–H groups in total. The third-order valence-corrected chi connectivity index (χ3v) is 5.28. The van der Waals surface area contributed by atoms with Crippen LogP contribution in [0.5, 0.6) is 5.75 Å². The lowest BCUT2D eigenvalue weighted by atomic mass is 9.85. The summed E-state index contributed by atoms with van der Waals surface area (Å²) >= 11 is 9.61. The Labute approximate surface area is 193 Å². The fourth-order valence-electron chi connectivity index (χ4n) is 2.94. The number of hydrogen-bond donors (Lipinski definition) is 2. The van der Waals surface area contributed by atoms with Crippen LogP contribution in [0.3, 0.4) is 0 Å². The molecule has 0 spiro atoms. The average molecular weight is 498 g/mol. The number of nitrogens with one attached hydrogen (secondary N) is 1. The highest BCUT2D eigenvalue weighted by molar-refractivity contribution is 9.10. The number of aliphatic hydroxyl groups is 1. The Morgan fingerprint density at radius 2 is 1.74 bits per heavy atom. The van der Waals surface area contributed by atoms with Gasteiger partial charge in [-0.15, -0.1) is 6.42 Å². The number of carbonyl (C=O) groups is 1. The first-order valence-electron chi connectivity index (χ1n) is 9.19. The summed E-state index contributed by atoms with van der Waals surface area (Å²) in [4.78, 5) is 13.0. The van der Waals surface area contributed by atoms with E-state index in [0.29, 0.717) is 31.9 Å². The number of hydrogen-bond acceptors (Lipinski definition) is 4. The lowest BCUT2D eigenvalue weighted by Crippen LogP contribution is -2.43. The zero-order valence-corrected chi connectivity index (χ0v) is 18.6. The van der Waals surface area contributed by atoms with Gasteiger partial charge >= 0.3 is 0 Å². The first-order chi connectivity index (χ1) is 15.0. The molecule has 5 nitrogen and oxygen atoms in total. The summed E-state index contributed by atoms with van der Waals surface area (Å²) in [5.41, 5.74) is 1.97. The zero-order valence-electron chi connectivity index (χ0n) is 16.3. The summed E-state index contributed by atoms with van der Waals surface area (Å²) < 4.78 is 5.99. The first-order valence-corrected chi connectivity index (χ1v) is 10.4. The van der Waals surface area contributed by atoms with E-state index in [1.807, 2.05) is 12.1 Å². The topological polar surface area (TPSA) is 70.9 Å². The van der Waals surface area contributed by atoms with E-state index in [4.69, 9.17) is 22.8 Å². The summed E-state index contributed by atoms with van der Waals surface area (Å²) in [7, 11) is 0. The third kappa shape index (κ3) is 5.15. The van der Waals surface area contributed by atoms with E-state index in [2.05, 4.69) is 32.4 Å². The van der Waals surface area contributed by atoms with Gasteiger partial charge in [0.05, 0.1) is 15.7 Å². The van der Waals surface area contributed by atoms with Crippen molar-refractivity contribution in [2.45, 2.75) is 5.60 Å². The van der Waals surface area contributed by atoms with Gasteiger partial charge in [-0.2, -0.15) is 5.10 Å². The molecular formula is C24H18BrClN2O3. The molecule has 0 bridgehead atoms. The van der Waals surface area contributed by atoms with E-state index in [0.717, 1.165) is 0 Å². The van der Waals surface area contributed by atoms with Crippen LogP contribution in [0.1, 0.15) is 16.7 Å². The predicted molar refractivity (Wildman–Crippen MR) is 125 cm³/mol. The fourth-order valence-corrected chi connectivity index (χ4v) is 3.93. The van der Waals surface area contributed by atoms with Gasteiger partial charge in [0.1, 0.15) is 6.61 Å². The second-order valence-corrected chi connectivity index (χ2v) is 7.71. The number of rotatable bonds is 7. The Morgan fingerprint density at radius 3 is 2.26 bits per heavy atom. The number of hydrazone groups is 1. The summed E-state index contributed by atoms with van der Waals surface area (Å²) in [6.07, 6.45) is 6.62. The monoisotopic (exact) mass is 496 g/mol. The highest BCUT2D eigenvalue weighted by Crippen LogP contribution is 2.34. The molecule has 3 aromatic carbocycles. The molecule has 0 aliphatic carbocycles. The van der Waals surface area contributed by atoms with Gasteiger partial charge in [-0.05, 0) is 44.8 Å². The van der Waals surface area contributed by atoms with E-state index in [1.54, 1.807) is 60.7 Å². The SMILES string of the molecule is C#CCOc1c(Cl)cc(/C=N/NC(=O)C(O)(c2ccccc2)c2ccccc2)cc1Br. The maximum atomic E-state index is 13.0. The average Bonchev–Trinajstić information content (AvgIpc) is 2.79. The van der Waals surface area contributed by atoms with Crippen molar-refractivity contribution in [3.8, 4) is 18.1 Å². The molecule has 0 saturated heterocycles. The molecule has 0 heterocycles. The van der Waals surface area contributed by atoms with Gasteiger partial charge in [0.15, 0.2) is 11.4 Å². The Morgan fingerprint density at radius 1 is 1.16 bits per heavy atom. The zero-order chi connectivity index (χ0) is 22.3. The van der Waals surface area contributed by atoms with Gasteiger partial charge in [-0.1, -0.05) is 78.2 Å². The predicted octanol–water partition coefficient (Wildman–Crippen LogP) is 4.50. The standard InChI is InChI=1S/C24H18BrClN2O3/c1-2-13-31-22-20(25)14-17(15-21(22)26)16-27-28-23(29)24(30,18-9-5-3-6-10-18)19-11-7-4-8-12-19/h1,3-12,14-16,30H,13H2,(H,28,29)/b27-16+. The summed E-state index contributed by atoms with van der Waals surface area (Å²) in [6.45, 7) is 0.0827. The number of amides is 1. The Kier molecular flexibility index (Phi) is 7.48. The maximum absolute atomic E-state index is 13.0. The van der Waals surface area contributed by atoms with Crippen molar-refractivity contribution in [3.63, 3.8) is 0 Å². The Balaban J connectivity index is 1.84. The smallest absolute Gasteiger partial charge is 0.281 e. The fraction of sp³-hybridized carbons (Fsp3) is 0.0833. The van der Waals surface area contributed by atoms with Crippen molar-refractivity contribution < 1.29 is 14.6 Å². The molecule has 156 valence electrons. The van der Waals surface area contributed by atoms with Crippen LogP contribution in [-0.4, -0.2) is 23.8 Å². The van der Waals surface area contributed by atoms with Crippen LogP contribution in [0.4, 0.5) is 0 Å². The largest absolute Gasteiger partial charge is 0.478 e. The van der Waals surface area contributed by atoms with Gasteiger partial charge in [-0.25, -0.2) is 5.43 Å². The normalized spacial score (nSPS) is 11.2. The van der Waals surface area contributed by atoms with Crippen LogP contribution in [0.15, 0.2) is 82.4 Å². The minimum absolute atomic E-state index is 0.0827. The molecule has 3 rings (SSSR count). The molecule has 0 aromatic heterocycles. The van der Waals surface area contributed by atoms with Crippen LogP contribution in [0.2, 0.25) is 5.02 Å². The number of terminal acetylenes is 1. The first kappa shape index (κ1) is 22.6. The molecular weight excluding hydrogens is 480 g/mol. The van der Waals surface area contributed by atoms with Crippen molar-refractivity contribution in [2.75, 3.05) is 6.61 Å². The van der Waals surface area contributed by atoms with Crippen LogP contribution >= 0.6 is 27.5 Å². The molecule has 3 aromatic rings. The van der Waals surface area contributed by atoms with Crippen molar-refractivity contribution in [1.29, 1.82) is 0 Å². The van der Waals surface area contributed by atoms with Crippen molar-refractivity contribution in [1.82, 2.24) is 5.43 Å². The van der Waals surface area contributed by atoms with Crippen LogP contribution in [-0.2, 0) is 10.4 Å². The molecule has 0 fully saturated rings. The van der Waals surface area contributed by atoms with E-state index in [9.17, 15) is 9.90 Å². The number of halogens is 2. The maximum Gasteiger partial charge on any atom is 0.281 e. The molecule has 31 heavy (non-hydrogen) atoms. The Bertz CT molecular complexity index is 1070. The van der Waals surface area contributed by atoms with Crippen molar-refractivity contribution in [2.24, 2.45) is 5.10 Å². The Hall–Kier alpha value is -3.11. The minimum atomic E-state index is -1.91. The van der Waals surface area contributed by atoms with Crippen molar-refractivity contribution >= 4 is 39.7 Å². The minimum Gasteiger partial charge on any atom is -0.478 e. The molecule has 0 saturated carbocycles.